The van der Waals surface area contributed by atoms with Crippen LogP contribution in [0.3, 0.4) is 0 Å². The average Bonchev–Trinajstić information content (AvgIpc) is 3.26. The van der Waals surface area contributed by atoms with Gasteiger partial charge in [0.1, 0.15) is 12.4 Å². The minimum atomic E-state index is -1.08. The lowest BCUT2D eigenvalue weighted by atomic mass is 9.91. The second-order valence-corrected chi connectivity index (χ2v) is 8.90. The van der Waals surface area contributed by atoms with Gasteiger partial charge in [-0.3, -0.25) is 10.2 Å². The van der Waals surface area contributed by atoms with Crippen molar-refractivity contribution in [3.63, 3.8) is 0 Å². The van der Waals surface area contributed by atoms with Crippen molar-refractivity contribution < 1.29 is 19.4 Å². The number of amides is 1. The summed E-state index contributed by atoms with van der Waals surface area (Å²) in [6, 6.07) is 15.2. The SMILES string of the molecule is CCCCCNNC(=O)[C@]1(Cc2ccccc2Br)COC(c2ccc(OCCCO)cc2)=N1. The van der Waals surface area contributed by atoms with Gasteiger partial charge in [0, 0.05) is 36.0 Å². The van der Waals surface area contributed by atoms with E-state index in [1.165, 1.54) is 0 Å². The number of carbonyl (C=O) groups is 1. The average molecular weight is 518 g/mol. The van der Waals surface area contributed by atoms with Gasteiger partial charge in [0.2, 0.25) is 5.90 Å². The van der Waals surface area contributed by atoms with E-state index in [-0.39, 0.29) is 19.1 Å². The molecule has 0 spiro atoms. The number of aliphatic hydroxyl groups excluding tert-OH is 1. The maximum Gasteiger partial charge on any atom is 0.266 e. The lowest BCUT2D eigenvalue weighted by Gasteiger charge is -2.24. The van der Waals surface area contributed by atoms with Crippen molar-refractivity contribution in [2.45, 2.75) is 44.6 Å². The molecule has 0 saturated heterocycles. The fourth-order valence-electron chi connectivity index (χ4n) is 3.51. The Labute approximate surface area is 203 Å². The fourth-order valence-corrected chi connectivity index (χ4v) is 3.93. The molecule has 2 aromatic rings. The smallest absolute Gasteiger partial charge is 0.266 e. The van der Waals surface area contributed by atoms with E-state index in [1.807, 2.05) is 48.5 Å². The molecule has 0 aromatic heterocycles. The molecule has 3 N–H and O–H groups in total. The molecule has 0 fully saturated rings. The van der Waals surface area contributed by atoms with E-state index in [4.69, 9.17) is 19.6 Å². The maximum absolute atomic E-state index is 13.3. The molecule has 1 aliphatic heterocycles. The molecule has 0 radical (unpaired) electrons. The first-order chi connectivity index (χ1) is 16.1. The first kappa shape index (κ1) is 25.2. The van der Waals surface area contributed by atoms with Gasteiger partial charge in [0.05, 0.1) is 6.61 Å². The number of benzene rings is 2. The Morgan fingerprint density at radius 1 is 1.18 bits per heavy atom. The van der Waals surface area contributed by atoms with Gasteiger partial charge in [-0.1, -0.05) is 53.9 Å². The maximum atomic E-state index is 13.3. The Kier molecular flexibility index (Phi) is 9.72. The van der Waals surface area contributed by atoms with Crippen LogP contribution < -0.4 is 15.6 Å². The van der Waals surface area contributed by atoms with Crippen LogP contribution in [0.5, 0.6) is 5.75 Å². The first-order valence-electron chi connectivity index (χ1n) is 11.4. The minimum Gasteiger partial charge on any atom is -0.494 e. The number of nitrogens with one attached hydrogen (secondary N) is 2. The van der Waals surface area contributed by atoms with Crippen molar-refractivity contribution in [1.29, 1.82) is 0 Å². The highest BCUT2D eigenvalue weighted by Crippen LogP contribution is 2.30. The molecular formula is C25H32BrN3O4. The molecule has 1 amide bonds. The third-order valence-electron chi connectivity index (χ3n) is 5.41. The number of aliphatic imine (C=N–C) groups is 1. The van der Waals surface area contributed by atoms with E-state index in [1.54, 1.807) is 0 Å². The number of nitrogens with zero attached hydrogens (tertiary/aromatic N) is 1. The Morgan fingerprint density at radius 2 is 1.97 bits per heavy atom. The molecule has 0 bridgehead atoms. The Bertz CT molecular complexity index is 936. The number of halogens is 1. The first-order valence-corrected chi connectivity index (χ1v) is 12.2. The van der Waals surface area contributed by atoms with Crippen molar-refractivity contribution in [3.8, 4) is 5.75 Å². The summed E-state index contributed by atoms with van der Waals surface area (Å²) in [6.45, 7) is 3.55. The fraction of sp³-hybridized carbons (Fsp3) is 0.440. The van der Waals surface area contributed by atoms with Crippen LogP contribution in [0.25, 0.3) is 0 Å². The van der Waals surface area contributed by atoms with Crippen molar-refractivity contribution >= 4 is 27.7 Å². The predicted molar refractivity (Wildman–Crippen MR) is 132 cm³/mol. The zero-order chi connectivity index (χ0) is 23.5. The second kappa shape index (κ2) is 12.7. The van der Waals surface area contributed by atoms with Crippen molar-refractivity contribution in [2.24, 2.45) is 4.99 Å². The highest BCUT2D eigenvalue weighted by atomic mass is 79.9. The van der Waals surface area contributed by atoms with E-state index < -0.39 is 5.54 Å². The minimum absolute atomic E-state index is 0.0951. The molecule has 33 heavy (non-hydrogen) atoms. The topological polar surface area (TPSA) is 92.2 Å². The quantitative estimate of drug-likeness (QED) is 0.277. The van der Waals surface area contributed by atoms with Gasteiger partial charge in [-0.15, -0.1) is 0 Å². The Morgan fingerprint density at radius 3 is 2.70 bits per heavy atom. The molecular weight excluding hydrogens is 486 g/mol. The summed E-state index contributed by atoms with van der Waals surface area (Å²) in [7, 11) is 0. The van der Waals surface area contributed by atoms with Crippen molar-refractivity contribution in [2.75, 3.05) is 26.4 Å². The van der Waals surface area contributed by atoms with E-state index in [9.17, 15) is 4.79 Å². The predicted octanol–water partition coefficient (Wildman–Crippen LogP) is 3.78. The molecule has 0 saturated carbocycles. The summed E-state index contributed by atoms with van der Waals surface area (Å²) < 4.78 is 12.5. The van der Waals surface area contributed by atoms with Crippen molar-refractivity contribution in [1.82, 2.24) is 10.9 Å². The summed E-state index contributed by atoms with van der Waals surface area (Å²) in [6.07, 6.45) is 4.20. The highest BCUT2D eigenvalue weighted by Gasteiger charge is 2.44. The van der Waals surface area contributed by atoms with E-state index >= 15 is 0 Å². The number of ether oxygens (including phenoxy) is 2. The molecule has 1 aliphatic rings. The number of carbonyl (C=O) groups excluding carboxylic acids is 1. The molecule has 7 nitrogen and oxygen atoms in total. The van der Waals surface area contributed by atoms with Crippen LogP contribution in [0.4, 0.5) is 0 Å². The van der Waals surface area contributed by atoms with Crippen LogP contribution in [0, 0.1) is 0 Å². The standard InChI is InChI=1S/C25H32BrN3O4/c1-2-3-6-14-27-29-24(31)25(17-20-8-4-5-9-22(20)26)18-33-23(28-25)19-10-12-21(13-11-19)32-16-7-15-30/h4-5,8-13,27,30H,2-3,6-7,14-18H2,1H3,(H,29,31)/t25-/m0/s1. The lowest BCUT2D eigenvalue weighted by Crippen LogP contribution is -2.53. The number of hydrazine groups is 1. The van der Waals surface area contributed by atoms with E-state index in [2.05, 4.69) is 33.7 Å². The number of hydrogen-bond acceptors (Lipinski definition) is 6. The normalized spacial score (nSPS) is 17.4. The summed E-state index contributed by atoms with van der Waals surface area (Å²) in [4.78, 5) is 18.1. The van der Waals surface area contributed by atoms with Crippen LogP contribution in [-0.4, -0.2) is 48.8 Å². The van der Waals surface area contributed by atoms with Gasteiger partial charge in [-0.05, 0) is 42.3 Å². The summed E-state index contributed by atoms with van der Waals surface area (Å²) in [5.41, 5.74) is 6.57. The number of hydrogen-bond donors (Lipinski definition) is 3. The van der Waals surface area contributed by atoms with Crippen molar-refractivity contribution in [3.05, 3.63) is 64.1 Å². The van der Waals surface area contributed by atoms with Crippen LogP contribution >= 0.6 is 15.9 Å². The number of rotatable bonds is 13. The molecule has 0 unspecified atom stereocenters. The molecule has 2 aromatic carbocycles. The Hall–Kier alpha value is -2.42. The van der Waals surface area contributed by atoms with Crippen LogP contribution in [0.1, 0.15) is 43.7 Å². The van der Waals surface area contributed by atoms with Gasteiger partial charge < -0.3 is 14.6 Å². The zero-order valence-electron chi connectivity index (χ0n) is 19.0. The van der Waals surface area contributed by atoms with Gasteiger partial charge >= 0.3 is 0 Å². The Balaban J connectivity index is 1.77. The largest absolute Gasteiger partial charge is 0.494 e. The summed E-state index contributed by atoms with van der Waals surface area (Å²) in [5.74, 6) is 0.929. The molecule has 1 atom stereocenters. The molecule has 8 heteroatoms. The highest BCUT2D eigenvalue weighted by molar-refractivity contribution is 9.10. The van der Waals surface area contributed by atoms with E-state index in [0.29, 0.717) is 37.6 Å². The molecule has 0 aliphatic carbocycles. The summed E-state index contributed by atoms with van der Waals surface area (Å²) >= 11 is 3.59. The third-order valence-corrected chi connectivity index (χ3v) is 6.18. The zero-order valence-corrected chi connectivity index (χ0v) is 20.6. The monoisotopic (exact) mass is 517 g/mol. The van der Waals surface area contributed by atoms with Gasteiger partial charge in [0.25, 0.3) is 5.91 Å². The van der Waals surface area contributed by atoms with Crippen LogP contribution in [0.2, 0.25) is 0 Å². The van der Waals surface area contributed by atoms with Crippen LogP contribution in [0.15, 0.2) is 58.0 Å². The van der Waals surface area contributed by atoms with E-state index in [0.717, 1.165) is 34.9 Å². The molecule has 3 rings (SSSR count). The summed E-state index contributed by atoms with van der Waals surface area (Å²) in [5, 5.41) is 8.89. The molecule has 1 heterocycles. The lowest BCUT2D eigenvalue weighted by molar-refractivity contribution is -0.127. The number of aliphatic hydroxyl groups is 1. The van der Waals surface area contributed by atoms with Gasteiger partial charge in [0.15, 0.2) is 5.54 Å². The number of unbranched alkanes of at least 4 members (excludes halogenated alkanes) is 2. The van der Waals surface area contributed by atoms with Gasteiger partial charge in [-0.2, -0.15) is 0 Å². The van der Waals surface area contributed by atoms with Crippen LogP contribution in [-0.2, 0) is 16.0 Å². The molecule has 178 valence electrons. The van der Waals surface area contributed by atoms with Gasteiger partial charge in [-0.25, -0.2) is 10.4 Å². The second-order valence-electron chi connectivity index (χ2n) is 8.04. The third kappa shape index (κ3) is 7.03.